The van der Waals surface area contributed by atoms with Gasteiger partial charge in [0.2, 0.25) is 0 Å². The Kier molecular flexibility index (Phi) is 3.54. The van der Waals surface area contributed by atoms with Gasteiger partial charge in [-0.1, -0.05) is 39.0 Å². The Labute approximate surface area is 97.9 Å². The summed E-state index contributed by atoms with van der Waals surface area (Å²) in [6.07, 6.45) is 0. The molecule has 2 heteroatoms. The first-order valence-corrected chi connectivity index (χ1v) is 5.64. The first-order valence-electron chi connectivity index (χ1n) is 5.64. The Bertz CT molecular complexity index is 400. The summed E-state index contributed by atoms with van der Waals surface area (Å²) in [7, 11) is 0. The number of carbonyl (C=O) groups excluding carboxylic acids is 1. The van der Waals surface area contributed by atoms with Gasteiger partial charge in [-0.3, -0.25) is 4.79 Å². The van der Waals surface area contributed by atoms with Crippen LogP contribution in [0.25, 0.3) is 0 Å². The highest BCUT2D eigenvalue weighted by atomic mass is 16.1. The van der Waals surface area contributed by atoms with E-state index >= 15 is 0 Å². The third-order valence-corrected chi connectivity index (χ3v) is 2.77. The predicted octanol–water partition coefficient (Wildman–Crippen LogP) is 2.82. The maximum atomic E-state index is 11.8. The summed E-state index contributed by atoms with van der Waals surface area (Å²) in [6, 6.07) is 5.55. The average molecular weight is 219 g/mol. The number of carbonyl (C=O) groups is 1. The zero-order valence-electron chi connectivity index (χ0n) is 10.8. The Morgan fingerprint density at radius 2 is 1.88 bits per heavy atom. The van der Waals surface area contributed by atoms with E-state index < -0.39 is 6.04 Å². The molecule has 0 bridgehead atoms. The van der Waals surface area contributed by atoms with Gasteiger partial charge in [0.1, 0.15) is 0 Å². The number of Topliss-reactive ketones (excluding diaryl/α,β-unsaturated/α-hetero) is 1. The molecule has 0 spiro atoms. The minimum Gasteiger partial charge on any atom is -0.321 e. The molecule has 0 aliphatic heterocycles. The van der Waals surface area contributed by atoms with Crippen LogP contribution in [0, 0.1) is 6.92 Å². The summed E-state index contributed by atoms with van der Waals surface area (Å²) in [4.78, 5) is 11.8. The molecule has 0 aromatic heterocycles. The van der Waals surface area contributed by atoms with Crippen LogP contribution in [0.4, 0.5) is 0 Å². The van der Waals surface area contributed by atoms with E-state index in [1.54, 1.807) is 6.92 Å². The number of hydrogen-bond acceptors (Lipinski definition) is 2. The number of rotatable bonds is 2. The molecule has 0 radical (unpaired) electrons. The van der Waals surface area contributed by atoms with Gasteiger partial charge in [-0.2, -0.15) is 0 Å². The van der Waals surface area contributed by atoms with Gasteiger partial charge in [0.25, 0.3) is 0 Å². The Hall–Kier alpha value is -1.15. The highest BCUT2D eigenvalue weighted by Crippen LogP contribution is 2.24. The third-order valence-electron chi connectivity index (χ3n) is 2.77. The lowest BCUT2D eigenvalue weighted by Gasteiger charge is -2.20. The van der Waals surface area contributed by atoms with Gasteiger partial charge < -0.3 is 5.73 Å². The van der Waals surface area contributed by atoms with E-state index in [1.165, 1.54) is 5.56 Å². The lowest BCUT2D eigenvalue weighted by atomic mass is 9.84. The highest BCUT2D eigenvalue weighted by Gasteiger charge is 2.17. The number of ketones is 1. The standard InChI is InChI=1S/C14H21NO/c1-9-8-11(14(3,4)5)6-7-12(9)13(16)10(2)15/h6-8,10H,15H2,1-5H3. The maximum Gasteiger partial charge on any atom is 0.179 e. The van der Waals surface area contributed by atoms with E-state index in [0.717, 1.165) is 11.1 Å². The molecule has 88 valence electrons. The van der Waals surface area contributed by atoms with Crippen molar-refractivity contribution in [2.75, 3.05) is 0 Å². The molecule has 1 unspecified atom stereocenters. The van der Waals surface area contributed by atoms with E-state index in [2.05, 4.69) is 26.8 Å². The third kappa shape index (κ3) is 2.70. The van der Waals surface area contributed by atoms with Gasteiger partial charge in [0.05, 0.1) is 6.04 Å². The van der Waals surface area contributed by atoms with Gasteiger partial charge in [0, 0.05) is 5.56 Å². The van der Waals surface area contributed by atoms with Gasteiger partial charge in [0.15, 0.2) is 5.78 Å². The SMILES string of the molecule is Cc1cc(C(C)(C)C)ccc1C(=O)C(C)N. The molecular weight excluding hydrogens is 198 g/mol. The molecule has 2 nitrogen and oxygen atoms in total. The zero-order chi connectivity index (χ0) is 12.5. The van der Waals surface area contributed by atoms with Crippen molar-refractivity contribution in [2.45, 2.75) is 46.1 Å². The summed E-state index contributed by atoms with van der Waals surface area (Å²) in [5.41, 5.74) is 8.71. The number of nitrogens with two attached hydrogens (primary N) is 1. The Morgan fingerprint density at radius 3 is 2.25 bits per heavy atom. The molecule has 0 aliphatic carbocycles. The van der Waals surface area contributed by atoms with Crippen LogP contribution in [0.15, 0.2) is 18.2 Å². The molecule has 0 heterocycles. The minimum absolute atomic E-state index is 0.0120. The molecule has 2 N–H and O–H groups in total. The lowest BCUT2D eigenvalue weighted by molar-refractivity contribution is 0.0967. The normalized spacial score (nSPS) is 13.6. The Balaban J connectivity index is 3.15. The molecule has 1 aromatic carbocycles. The van der Waals surface area contributed by atoms with Crippen LogP contribution in [-0.4, -0.2) is 11.8 Å². The summed E-state index contributed by atoms with van der Waals surface area (Å²) in [5.74, 6) is 0.0120. The molecule has 1 aromatic rings. The van der Waals surface area contributed by atoms with Crippen molar-refractivity contribution in [3.05, 3.63) is 34.9 Å². The summed E-state index contributed by atoms with van der Waals surface area (Å²) < 4.78 is 0. The summed E-state index contributed by atoms with van der Waals surface area (Å²) in [6.45, 7) is 10.2. The van der Waals surface area contributed by atoms with Crippen molar-refractivity contribution in [1.29, 1.82) is 0 Å². The van der Waals surface area contributed by atoms with Crippen LogP contribution in [0.2, 0.25) is 0 Å². The molecule has 1 atom stereocenters. The van der Waals surface area contributed by atoms with E-state index in [1.807, 2.05) is 19.1 Å². The number of hydrogen-bond donors (Lipinski definition) is 1. The highest BCUT2D eigenvalue weighted by molar-refractivity contribution is 6.00. The van der Waals surface area contributed by atoms with Crippen molar-refractivity contribution in [1.82, 2.24) is 0 Å². The molecular formula is C14H21NO. The largest absolute Gasteiger partial charge is 0.321 e. The molecule has 16 heavy (non-hydrogen) atoms. The average Bonchev–Trinajstić information content (AvgIpc) is 2.15. The van der Waals surface area contributed by atoms with E-state index in [0.29, 0.717) is 0 Å². The minimum atomic E-state index is -0.431. The Morgan fingerprint density at radius 1 is 1.31 bits per heavy atom. The predicted molar refractivity (Wildman–Crippen MR) is 67.9 cm³/mol. The van der Waals surface area contributed by atoms with Gasteiger partial charge in [-0.15, -0.1) is 0 Å². The topological polar surface area (TPSA) is 43.1 Å². The van der Waals surface area contributed by atoms with Crippen molar-refractivity contribution in [3.63, 3.8) is 0 Å². The van der Waals surface area contributed by atoms with Crippen molar-refractivity contribution in [2.24, 2.45) is 5.73 Å². The molecule has 0 saturated carbocycles. The molecule has 0 saturated heterocycles. The smallest absolute Gasteiger partial charge is 0.179 e. The van der Waals surface area contributed by atoms with Gasteiger partial charge >= 0.3 is 0 Å². The van der Waals surface area contributed by atoms with E-state index in [9.17, 15) is 4.79 Å². The van der Waals surface area contributed by atoms with Crippen LogP contribution >= 0.6 is 0 Å². The fraction of sp³-hybridized carbons (Fsp3) is 0.500. The molecule has 0 fully saturated rings. The van der Waals surface area contributed by atoms with Crippen molar-refractivity contribution >= 4 is 5.78 Å². The van der Waals surface area contributed by atoms with E-state index in [-0.39, 0.29) is 11.2 Å². The fourth-order valence-corrected chi connectivity index (χ4v) is 1.65. The number of aryl methyl sites for hydroxylation is 1. The maximum absolute atomic E-state index is 11.8. The fourth-order valence-electron chi connectivity index (χ4n) is 1.65. The van der Waals surface area contributed by atoms with E-state index in [4.69, 9.17) is 5.73 Å². The van der Waals surface area contributed by atoms with Crippen LogP contribution in [-0.2, 0) is 5.41 Å². The molecule has 0 aliphatic rings. The first kappa shape index (κ1) is 12.9. The lowest BCUT2D eigenvalue weighted by Crippen LogP contribution is -2.27. The van der Waals surface area contributed by atoms with Gasteiger partial charge in [-0.05, 0) is 30.4 Å². The monoisotopic (exact) mass is 219 g/mol. The van der Waals surface area contributed by atoms with Crippen LogP contribution in [0.5, 0.6) is 0 Å². The molecule has 0 amide bonds. The van der Waals surface area contributed by atoms with Crippen LogP contribution in [0.3, 0.4) is 0 Å². The summed E-state index contributed by atoms with van der Waals surface area (Å²) >= 11 is 0. The van der Waals surface area contributed by atoms with Crippen LogP contribution < -0.4 is 5.73 Å². The van der Waals surface area contributed by atoms with Gasteiger partial charge in [-0.25, -0.2) is 0 Å². The van der Waals surface area contributed by atoms with Crippen LogP contribution in [0.1, 0.15) is 49.2 Å². The molecule has 1 rings (SSSR count). The second-order valence-corrected chi connectivity index (χ2v) is 5.43. The summed E-state index contributed by atoms with van der Waals surface area (Å²) in [5, 5.41) is 0. The number of benzene rings is 1. The van der Waals surface area contributed by atoms with Crippen molar-refractivity contribution in [3.8, 4) is 0 Å². The second-order valence-electron chi connectivity index (χ2n) is 5.43. The zero-order valence-corrected chi connectivity index (χ0v) is 10.8. The van der Waals surface area contributed by atoms with Crippen molar-refractivity contribution < 1.29 is 4.79 Å². The second kappa shape index (κ2) is 4.38. The first-order chi connectivity index (χ1) is 7.23. The quantitative estimate of drug-likeness (QED) is 0.777.